The number of rotatable bonds is 6. The first-order valence-corrected chi connectivity index (χ1v) is 7.25. The van der Waals surface area contributed by atoms with E-state index in [0.29, 0.717) is 0 Å². The molecule has 0 unspecified atom stereocenters. The highest BCUT2D eigenvalue weighted by Crippen LogP contribution is 2.30. The van der Waals surface area contributed by atoms with Gasteiger partial charge in [0.2, 0.25) is 0 Å². The Morgan fingerprint density at radius 2 is 2.05 bits per heavy atom. The van der Waals surface area contributed by atoms with Crippen LogP contribution in [-0.2, 0) is 24.2 Å². The van der Waals surface area contributed by atoms with Crippen LogP contribution in [0.5, 0.6) is 0 Å². The highest BCUT2D eigenvalue weighted by atomic mass is 16.4. The van der Waals surface area contributed by atoms with Gasteiger partial charge in [-0.3, -0.25) is 9.69 Å². The van der Waals surface area contributed by atoms with Crippen LogP contribution < -0.4 is 0 Å². The predicted molar refractivity (Wildman–Crippen MR) is 74.1 cm³/mol. The van der Waals surface area contributed by atoms with Crippen molar-refractivity contribution in [1.82, 2.24) is 4.90 Å². The third kappa shape index (κ3) is 3.35. The number of hydrogen-bond acceptors (Lipinski definition) is 2. The van der Waals surface area contributed by atoms with Crippen LogP contribution in [0.1, 0.15) is 36.0 Å². The number of carboxylic acid groups (broad SMARTS) is 1. The molecule has 0 radical (unpaired) electrons. The van der Waals surface area contributed by atoms with Crippen molar-refractivity contribution >= 4 is 5.97 Å². The zero-order valence-corrected chi connectivity index (χ0v) is 11.3. The minimum absolute atomic E-state index is 0.160. The van der Waals surface area contributed by atoms with Crippen molar-refractivity contribution in [2.45, 2.75) is 38.6 Å². The fraction of sp³-hybridized carbons (Fsp3) is 0.562. The standard InChI is InChI=1S/C16H21NO2/c18-16(19)11-17(9-12-4-5-12)10-13-6-7-14-2-1-3-15(14)8-13/h6-8,12H,1-5,9-11H2,(H,18,19). The highest BCUT2D eigenvalue weighted by molar-refractivity contribution is 5.69. The smallest absolute Gasteiger partial charge is 0.317 e. The van der Waals surface area contributed by atoms with Crippen molar-refractivity contribution in [1.29, 1.82) is 0 Å². The molecule has 1 aromatic carbocycles. The van der Waals surface area contributed by atoms with Crippen LogP contribution in [-0.4, -0.2) is 29.1 Å². The molecule has 2 aliphatic rings. The molecule has 0 amide bonds. The van der Waals surface area contributed by atoms with Crippen molar-refractivity contribution in [2.24, 2.45) is 5.92 Å². The van der Waals surface area contributed by atoms with Gasteiger partial charge in [0.25, 0.3) is 0 Å². The lowest BCUT2D eigenvalue weighted by atomic mass is 10.1. The van der Waals surface area contributed by atoms with E-state index in [-0.39, 0.29) is 6.54 Å². The fourth-order valence-corrected chi connectivity index (χ4v) is 3.02. The summed E-state index contributed by atoms with van der Waals surface area (Å²) in [5, 5.41) is 9.01. The lowest BCUT2D eigenvalue weighted by Crippen LogP contribution is -2.31. The minimum atomic E-state index is -0.721. The van der Waals surface area contributed by atoms with Crippen LogP contribution in [0, 0.1) is 5.92 Å². The molecule has 19 heavy (non-hydrogen) atoms. The second kappa shape index (κ2) is 5.33. The SMILES string of the molecule is O=C(O)CN(Cc1ccc2c(c1)CCC2)CC1CC1. The van der Waals surface area contributed by atoms with Gasteiger partial charge in [-0.05, 0) is 54.7 Å². The van der Waals surface area contributed by atoms with E-state index >= 15 is 0 Å². The lowest BCUT2D eigenvalue weighted by Gasteiger charge is -2.20. The van der Waals surface area contributed by atoms with Gasteiger partial charge < -0.3 is 5.11 Å². The second-order valence-electron chi connectivity index (χ2n) is 5.96. The molecule has 1 aromatic rings. The Hall–Kier alpha value is -1.35. The number of aliphatic carboxylic acids is 1. The normalized spacial score (nSPS) is 17.7. The number of fused-ring (bicyclic) bond motifs is 1. The van der Waals surface area contributed by atoms with E-state index in [1.54, 1.807) is 0 Å². The van der Waals surface area contributed by atoms with Gasteiger partial charge in [0, 0.05) is 13.1 Å². The Kier molecular flexibility index (Phi) is 3.56. The summed E-state index contributed by atoms with van der Waals surface area (Å²) in [7, 11) is 0. The van der Waals surface area contributed by atoms with Crippen molar-refractivity contribution in [3.63, 3.8) is 0 Å². The first-order valence-electron chi connectivity index (χ1n) is 7.25. The quantitative estimate of drug-likeness (QED) is 0.853. The van der Waals surface area contributed by atoms with E-state index in [2.05, 4.69) is 23.1 Å². The van der Waals surface area contributed by atoms with Gasteiger partial charge in [-0.15, -0.1) is 0 Å². The minimum Gasteiger partial charge on any atom is -0.480 e. The second-order valence-corrected chi connectivity index (χ2v) is 5.96. The zero-order valence-electron chi connectivity index (χ0n) is 11.3. The van der Waals surface area contributed by atoms with E-state index in [1.807, 2.05) is 0 Å². The van der Waals surface area contributed by atoms with Crippen LogP contribution in [0.25, 0.3) is 0 Å². The molecule has 0 saturated heterocycles. The van der Waals surface area contributed by atoms with Gasteiger partial charge >= 0.3 is 5.97 Å². The van der Waals surface area contributed by atoms with Crippen LogP contribution in [0.15, 0.2) is 18.2 Å². The first-order chi connectivity index (χ1) is 9.20. The van der Waals surface area contributed by atoms with E-state index in [1.165, 1.54) is 48.8 Å². The van der Waals surface area contributed by atoms with Crippen molar-refractivity contribution in [2.75, 3.05) is 13.1 Å². The topological polar surface area (TPSA) is 40.5 Å². The number of nitrogens with zero attached hydrogens (tertiary/aromatic N) is 1. The van der Waals surface area contributed by atoms with Gasteiger partial charge in [0.1, 0.15) is 0 Å². The van der Waals surface area contributed by atoms with Crippen molar-refractivity contribution in [3.05, 3.63) is 34.9 Å². The van der Waals surface area contributed by atoms with Crippen molar-refractivity contribution < 1.29 is 9.90 Å². The molecular weight excluding hydrogens is 238 g/mol. The molecule has 3 rings (SSSR count). The van der Waals surface area contributed by atoms with Gasteiger partial charge in [-0.1, -0.05) is 18.2 Å². The molecule has 102 valence electrons. The average molecular weight is 259 g/mol. The Morgan fingerprint density at radius 3 is 2.79 bits per heavy atom. The summed E-state index contributed by atoms with van der Waals surface area (Å²) >= 11 is 0. The molecule has 1 saturated carbocycles. The van der Waals surface area contributed by atoms with Crippen molar-refractivity contribution in [3.8, 4) is 0 Å². The molecule has 0 aliphatic heterocycles. The van der Waals surface area contributed by atoms with E-state index in [9.17, 15) is 4.79 Å². The van der Waals surface area contributed by atoms with Gasteiger partial charge in [0.05, 0.1) is 6.54 Å². The Balaban J connectivity index is 1.67. The Morgan fingerprint density at radius 1 is 1.26 bits per heavy atom. The zero-order chi connectivity index (χ0) is 13.2. The summed E-state index contributed by atoms with van der Waals surface area (Å²) in [5.74, 6) is 0.00980. The van der Waals surface area contributed by atoms with E-state index < -0.39 is 5.97 Å². The summed E-state index contributed by atoms with van der Waals surface area (Å²) in [4.78, 5) is 13.0. The lowest BCUT2D eigenvalue weighted by molar-refractivity contribution is -0.138. The average Bonchev–Trinajstić information content (AvgIpc) is 3.04. The molecule has 0 aromatic heterocycles. The maximum Gasteiger partial charge on any atom is 0.317 e. The number of aryl methyl sites for hydroxylation is 2. The summed E-state index contributed by atoms with van der Waals surface area (Å²) in [5.41, 5.74) is 4.22. The molecule has 0 bridgehead atoms. The Labute approximate surface area is 114 Å². The molecule has 1 fully saturated rings. The molecule has 3 heteroatoms. The third-order valence-electron chi connectivity index (χ3n) is 4.14. The van der Waals surface area contributed by atoms with Crippen LogP contribution in [0.4, 0.5) is 0 Å². The van der Waals surface area contributed by atoms with Gasteiger partial charge in [-0.25, -0.2) is 0 Å². The predicted octanol–water partition coefficient (Wildman–Crippen LogP) is 2.47. The molecular formula is C16H21NO2. The fourth-order valence-electron chi connectivity index (χ4n) is 3.02. The Bertz CT molecular complexity index is 480. The van der Waals surface area contributed by atoms with E-state index in [4.69, 9.17) is 5.11 Å². The van der Waals surface area contributed by atoms with Crippen LogP contribution >= 0.6 is 0 Å². The molecule has 3 nitrogen and oxygen atoms in total. The molecule has 1 N–H and O–H groups in total. The summed E-state index contributed by atoms with van der Waals surface area (Å²) < 4.78 is 0. The molecule has 2 aliphatic carbocycles. The third-order valence-corrected chi connectivity index (χ3v) is 4.14. The number of benzene rings is 1. The monoisotopic (exact) mass is 259 g/mol. The van der Waals surface area contributed by atoms with Crippen LogP contribution in [0.2, 0.25) is 0 Å². The maximum absolute atomic E-state index is 10.9. The summed E-state index contributed by atoms with van der Waals surface area (Å²) in [6.45, 7) is 1.87. The number of carboxylic acids is 1. The first kappa shape index (κ1) is 12.7. The highest BCUT2D eigenvalue weighted by Gasteiger charge is 2.25. The summed E-state index contributed by atoms with van der Waals surface area (Å²) in [6, 6.07) is 6.68. The van der Waals surface area contributed by atoms with Gasteiger partial charge in [-0.2, -0.15) is 0 Å². The molecule has 0 spiro atoms. The molecule has 0 atom stereocenters. The van der Waals surface area contributed by atoms with Crippen LogP contribution in [0.3, 0.4) is 0 Å². The summed E-state index contributed by atoms with van der Waals surface area (Å²) in [6.07, 6.45) is 6.18. The number of hydrogen-bond donors (Lipinski definition) is 1. The largest absolute Gasteiger partial charge is 0.480 e. The van der Waals surface area contributed by atoms with Gasteiger partial charge in [0.15, 0.2) is 0 Å². The maximum atomic E-state index is 10.9. The van der Waals surface area contributed by atoms with E-state index in [0.717, 1.165) is 19.0 Å². The molecule has 0 heterocycles. The number of carbonyl (C=O) groups is 1.